The first kappa shape index (κ1) is 17.1. The van der Waals surface area contributed by atoms with Crippen molar-refractivity contribution in [3.05, 3.63) is 41.6 Å². The molecule has 0 aliphatic heterocycles. The number of hydrogen-bond acceptors (Lipinski definition) is 4. The normalized spacial score (nSPS) is 18.1. The zero-order chi connectivity index (χ0) is 18.1. The molecule has 0 spiro atoms. The second-order valence-corrected chi connectivity index (χ2v) is 7.07. The van der Waals surface area contributed by atoms with Gasteiger partial charge in [-0.05, 0) is 37.8 Å². The summed E-state index contributed by atoms with van der Waals surface area (Å²) in [4.78, 5) is 9.01. The minimum Gasteiger partial charge on any atom is -0.351 e. The molecule has 2 aliphatic carbocycles. The topological polar surface area (TPSA) is 49.8 Å². The fourth-order valence-electron chi connectivity index (χ4n) is 3.41. The number of hydrogen-bond donors (Lipinski definition) is 2. The maximum absolute atomic E-state index is 13.2. The van der Waals surface area contributed by atoms with E-state index in [0.717, 1.165) is 37.4 Å². The summed E-state index contributed by atoms with van der Waals surface area (Å²) in [6.45, 7) is 0. The third kappa shape index (κ3) is 3.92. The lowest BCUT2D eigenvalue weighted by Gasteiger charge is -2.17. The van der Waals surface area contributed by atoms with Gasteiger partial charge >= 0.3 is 6.18 Å². The number of halogens is 3. The Labute approximate surface area is 150 Å². The summed E-state index contributed by atoms with van der Waals surface area (Å²) in [7, 11) is 0. The highest BCUT2D eigenvalue weighted by Gasteiger charge is 2.33. The molecule has 1 aromatic heterocycles. The van der Waals surface area contributed by atoms with Crippen molar-refractivity contribution in [1.29, 1.82) is 0 Å². The molecular weight excluding hydrogens is 341 g/mol. The van der Waals surface area contributed by atoms with E-state index in [9.17, 15) is 13.2 Å². The lowest BCUT2D eigenvalue weighted by molar-refractivity contribution is -0.136. The Morgan fingerprint density at radius 3 is 2.38 bits per heavy atom. The van der Waals surface area contributed by atoms with Gasteiger partial charge < -0.3 is 10.6 Å². The molecule has 2 N–H and O–H groups in total. The number of nitrogens with zero attached hydrogens (tertiary/aromatic N) is 2. The number of rotatable bonds is 5. The molecule has 0 radical (unpaired) electrons. The van der Waals surface area contributed by atoms with Crippen molar-refractivity contribution in [3.8, 4) is 0 Å². The molecule has 0 atom stereocenters. The average molecular weight is 362 g/mol. The Hall–Kier alpha value is -2.31. The van der Waals surface area contributed by atoms with Crippen LogP contribution in [0.15, 0.2) is 30.3 Å². The predicted octanol–water partition coefficient (Wildman–Crippen LogP) is 5.47. The smallest absolute Gasteiger partial charge is 0.351 e. The third-order valence-electron chi connectivity index (χ3n) is 4.93. The molecule has 4 rings (SSSR count). The maximum atomic E-state index is 13.2. The van der Waals surface area contributed by atoms with Crippen LogP contribution < -0.4 is 10.6 Å². The van der Waals surface area contributed by atoms with Gasteiger partial charge in [0.1, 0.15) is 5.82 Å². The van der Waals surface area contributed by atoms with E-state index in [1.807, 2.05) is 0 Å². The second kappa shape index (κ2) is 6.78. The van der Waals surface area contributed by atoms with Crippen LogP contribution in [0.2, 0.25) is 0 Å². The first-order valence-corrected chi connectivity index (χ1v) is 9.08. The van der Waals surface area contributed by atoms with Gasteiger partial charge in [-0.15, -0.1) is 0 Å². The third-order valence-corrected chi connectivity index (χ3v) is 4.93. The lowest BCUT2D eigenvalue weighted by Crippen LogP contribution is -2.17. The molecule has 2 aromatic rings. The Bertz CT molecular complexity index is 781. The zero-order valence-electron chi connectivity index (χ0n) is 14.3. The van der Waals surface area contributed by atoms with Crippen molar-refractivity contribution >= 4 is 17.5 Å². The molecule has 26 heavy (non-hydrogen) atoms. The van der Waals surface area contributed by atoms with Crippen LogP contribution in [-0.4, -0.2) is 16.0 Å². The molecule has 0 amide bonds. The summed E-state index contributed by atoms with van der Waals surface area (Å²) >= 11 is 0. The predicted molar refractivity (Wildman–Crippen MR) is 94.6 cm³/mol. The van der Waals surface area contributed by atoms with Gasteiger partial charge in [0, 0.05) is 18.0 Å². The second-order valence-electron chi connectivity index (χ2n) is 7.07. The highest BCUT2D eigenvalue weighted by Crippen LogP contribution is 2.41. The van der Waals surface area contributed by atoms with Crippen molar-refractivity contribution < 1.29 is 13.2 Å². The van der Waals surface area contributed by atoms with Crippen LogP contribution in [-0.2, 0) is 6.18 Å². The van der Waals surface area contributed by atoms with Gasteiger partial charge in [0.25, 0.3) is 0 Å². The molecule has 1 aromatic carbocycles. The van der Waals surface area contributed by atoms with Crippen LogP contribution in [0.4, 0.5) is 30.6 Å². The van der Waals surface area contributed by atoms with E-state index >= 15 is 0 Å². The number of para-hydroxylation sites is 1. The summed E-state index contributed by atoms with van der Waals surface area (Å²) in [6, 6.07) is 7.58. The van der Waals surface area contributed by atoms with Crippen molar-refractivity contribution in [3.63, 3.8) is 0 Å². The number of benzene rings is 1. The maximum Gasteiger partial charge on any atom is 0.418 e. The summed E-state index contributed by atoms with van der Waals surface area (Å²) in [5.74, 6) is 1.30. The quantitative estimate of drug-likeness (QED) is 0.740. The fraction of sp³-hybridized carbons (Fsp3) is 0.474. The van der Waals surface area contributed by atoms with Crippen molar-refractivity contribution in [2.24, 2.45) is 0 Å². The van der Waals surface area contributed by atoms with E-state index in [0.29, 0.717) is 23.7 Å². The molecule has 2 fully saturated rings. The number of nitrogens with one attached hydrogen (secondary N) is 2. The molecule has 1 heterocycles. The SMILES string of the molecule is FC(F)(F)c1ccccc1Nc1cc(C2CC2)nc(NC2CCCC2)n1. The minimum atomic E-state index is -4.42. The van der Waals surface area contributed by atoms with Crippen molar-refractivity contribution in [2.75, 3.05) is 10.6 Å². The highest BCUT2D eigenvalue weighted by atomic mass is 19.4. The van der Waals surface area contributed by atoms with Crippen LogP contribution in [0, 0.1) is 0 Å². The van der Waals surface area contributed by atoms with Crippen LogP contribution in [0.1, 0.15) is 55.7 Å². The van der Waals surface area contributed by atoms with Gasteiger partial charge in [-0.3, -0.25) is 0 Å². The monoisotopic (exact) mass is 362 g/mol. The Kier molecular flexibility index (Phi) is 4.46. The molecule has 4 nitrogen and oxygen atoms in total. The van der Waals surface area contributed by atoms with Gasteiger partial charge in [0.15, 0.2) is 0 Å². The summed E-state index contributed by atoms with van der Waals surface area (Å²) in [6.07, 6.45) is 2.25. The van der Waals surface area contributed by atoms with Gasteiger partial charge in [0.2, 0.25) is 5.95 Å². The highest BCUT2D eigenvalue weighted by molar-refractivity contribution is 5.62. The van der Waals surface area contributed by atoms with E-state index in [-0.39, 0.29) is 5.69 Å². The molecule has 2 aliphatic rings. The molecule has 0 unspecified atom stereocenters. The fourth-order valence-corrected chi connectivity index (χ4v) is 3.41. The van der Waals surface area contributed by atoms with E-state index in [2.05, 4.69) is 20.6 Å². The van der Waals surface area contributed by atoms with Crippen LogP contribution in [0.5, 0.6) is 0 Å². The van der Waals surface area contributed by atoms with Gasteiger partial charge in [-0.25, -0.2) is 4.98 Å². The summed E-state index contributed by atoms with van der Waals surface area (Å²) < 4.78 is 39.7. The zero-order valence-corrected chi connectivity index (χ0v) is 14.3. The van der Waals surface area contributed by atoms with Crippen LogP contribution in [0.25, 0.3) is 0 Å². The van der Waals surface area contributed by atoms with E-state index in [1.54, 1.807) is 12.1 Å². The Morgan fingerprint density at radius 2 is 1.69 bits per heavy atom. The van der Waals surface area contributed by atoms with E-state index in [1.165, 1.54) is 25.0 Å². The number of aromatic nitrogens is 2. The van der Waals surface area contributed by atoms with Crippen molar-refractivity contribution in [1.82, 2.24) is 9.97 Å². The standard InChI is InChI=1S/C19H21F3N4/c20-19(21,22)14-7-3-4-8-15(14)24-17-11-16(12-9-10-12)25-18(26-17)23-13-5-1-2-6-13/h3-4,7-8,11-13H,1-2,5-6,9-10H2,(H2,23,24,25,26). The van der Waals surface area contributed by atoms with Gasteiger partial charge in [0.05, 0.1) is 16.9 Å². The largest absolute Gasteiger partial charge is 0.418 e. The van der Waals surface area contributed by atoms with Crippen LogP contribution in [0.3, 0.4) is 0 Å². The lowest BCUT2D eigenvalue weighted by atomic mass is 10.1. The molecule has 0 saturated heterocycles. The van der Waals surface area contributed by atoms with Crippen LogP contribution >= 0.6 is 0 Å². The first-order valence-electron chi connectivity index (χ1n) is 9.08. The average Bonchev–Trinajstić information content (AvgIpc) is 3.33. The van der Waals surface area contributed by atoms with E-state index in [4.69, 9.17) is 0 Å². The summed E-state index contributed by atoms with van der Waals surface area (Å²) in [5.41, 5.74) is 0.205. The molecule has 0 bridgehead atoms. The number of alkyl halides is 3. The number of anilines is 3. The van der Waals surface area contributed by atoms with Gasteiger partial charge in [-0.1, -0.05) is 25.0 Å². The molecular formula is C19H21F3N4. The minimum absolute atomic E-state index is 0.00673. The first-order chi connectivity index (χ1) is 12.5. The molecule has 138 valence electrons. The Morgan fingerprint density at radius 1 is 0.962 bits per heavy atom. The summed E-state index contributed by atoms with van der Waals surface area (Å²) in [5, 5.41) is 6.21. The van der Waals surface area contributed by atoms with E-state index < -0.39 is 11.7 Å². The Balaban J connectivity index is 1.62. The van der Waals surface area contributed by atoms with Crippen molar-refractivity contribution in [2.45, 2.75) is 56.7 Å². The molecule has 2 saturated carbocycles. The van der Waals surface area contributed by atoms with Gasteiger partial charge in [-0.2, -0.15) is 18.2 Å². The molecule has 7 heteroatoms.